The number of carbonyl (C=O) groups excluding carboxylic acids is 2. The van der Waals surface area contributed by atoms with E-state index in [1.165, 1.54) is 0 Å². The number of nitrogens with zero attached hydrogens (tertiary/aromatic N) is 2. The van der Waals surface area contributed by atoms with Crippen LogP contribution in [0.25, 0.3) is 5.76 Å². The molecule has 3 aliphatic rings. The van der Waals surface area contributed by atoms with Crippen LogP contribution in [0, 0.1) is 0 Å². The molecule has 212 valence electrons. The number of aliphatic hydroxyl groups excluding tert-OH is 1. The fourth-order valence-electron chi connectivity index (χ4n) is 5.49. The molecule has 0 spiro atoms. The Balaban J connectivity index is 1.56. The molecular weight excluding hydrogens is 512 g/mol. The third kappa shape index (κ3) is 5.57. The van der Waals surface area contributed by atoms with Crippen LogP contribution in [0.15, 0.2) is 54.6 Å². The van der Waals surface area contributed by atoms with E-state index in [0.29, 0.717) is 68.6 Å². The van der Waals surface area contributed by atoms with E-state index in [1.807, 2.05) is 26.0 Å². The molecule has 2 aromatic rings. The van der Waals surface area contributed by atoms with E-state index in [4.69, 9.17) is 18.9 Å². The highest BCUT2D eigenvalue weighted by Crippen LogP contribution is 2.42. The van der Waals surface area contributed by atoms with Crippen molar-refractivity contribution >= 4 is 17.4 Å². The maximum absolute atomic E-state index is 13.5. The molecule has 0 bridgehead atoms. The minimum atomic E-state index is -0.794. The van der Waals surface area contributed by atoms with Gasteiger partial charge in [0.1, 0.15) is 24.2 Å². The zero-order chi connectivity index (χ0) is 28.2. The Morgan fingerprint density at radius 1 is 1.10 bits per heavy atom. The van der Waals surface area contributed by atoms with Gasteiger partial charge in [0.05, 0.1) is 31.4 Å². The molecule has 3 aliphatic heterocycles. The molecule has 1 amide bonds. The molecule has 2 saturated heterocycles. The van der Waals surface area contributed by atoms with Crippen LogP contribution in [0.5, 0.6) is 17.2 Å². The van der Waals surface area contributed by atoms with Gasteiger partial charge in [-0.25, -0.2) is 0 Å². The average molecular weight is 549 g/mol. The Hall–Kier alpha value is -3.82. The lowest BCUT2D eigenvalue weighted by molar-refractivity contribution is -0.140. The summed E-state index contributed by atoms with van der Waals surface area (Å²) in [5, 5.41) is 11.6. The molecule has 3 heterocycles. The smallest absolute Gasteiger partial charge is 0.295 e. The van der Waals surface area contributed by atoms with Gasteiger partial charge in [-0.05, 0) is 55.3 Å². The van der Waals surface area contributed by atoms with Gasteiger partial charge >= 0.3 is 0 Å². The van der Waals surface area contributed by atoms with E-state index in [1.54, 1.807) is 35.2 Å². The first-order valence-corrected chi connectivity index (χ1v) is 13.8. The minimum Gasteiger partial charge on any atom is -0.507 e. The second-order valence-electron chi connectivity index (χ2n) is 10.1. The number of benzene rings is 2. The molecule has 40 heavy (non-hydrogen) atoms. The standard InChI is InChI=1S/C31H36N2O7/c1-4-14-39-25-9-6-21(19-26(25)38-5-2)28-27(29(34)22-7-8-24-23(18-22)17-20(3)40-24)30(35)31(36)33(28)11-10-32-12-15-37-16-13-32/h4,6-9,18-20,28,34H,1,5,10-17H2,2-3H3/t20-,28-/m0/s1. The highest BCUT2D eigenvalue weighted by Gasteiger charge is 2.46. The zero-order valence-corrected chi connectivity index (χ0v) is 23.1. The van der Waals surface area contributed by atoms with Crippen LogP contribution in [-0.4, -0.2) is 85.3 Å². The fourth-order valence-corrected chi connectivity index (χ4v) is 5.49. The fraction of sp³-hybridized carbons (Fsp3) is 0.419. The number of rotatable bonds is 10. The van der Waals surface area contributed by atoms with Crippen molar-refractivity contribution in [3.63, 3.8) is 0 Å². The maximum atomic E-state index is 13.5. The van der Waals surface area contributed by atoms with Gasteiger partial charge in [0, 0.05) is 38.2 Å². The molecule has 0 aliphatic carbocycles. The van der Waals surface area contributed by atoms with Gasteiger partial charge in [0.15, 0.2) is 11.5 Å². The highest BCUT2D eigenvalue weighted by atomic mass is 16.5. The Morgan fingerprint density at radius 2 is 1.90 bits per heavy atom. The normalized spacial score (nSPS) is 22.2. The number of hydrogen-bond donors (Lipinski definition) is 1. The number of carbonyl (C=O) groups is 2. The summed E-state index contributed by atoms with van der Waals surface area (Å²) in [6.45, 7) is 11.9. The van der Waals surface area contributed by atoms with Crippen molar-refractivity contribution in [3.05, 3.63) is 71.3 Å². The molecule has 2 fully saturated rings. The van der Waals surface area contributed by atoms with Crippen molar-refractivity contribution in [1.29, 1.82) is 0 Å². The Bertz CT molecular complexity index is 1310. The topological polar surface area (TPSA) is 97.8 Å². The Morgan fingerprint density at radius 3 is 2.65 bits per heavy atom. The number of amides is 1. The van der Waals surface area contributed by atoms with Crippen molar-refractivity contribution in [3.8, 4) is 17.2 Å². The van der Waals surface area contributed by atoms with Crippen molar-refractivity contribution < 1.29 is 33.6 Å². The predicted molar refractivity (Wildman–Crippen MR) is 150 cm³/mol. The third-order valence-electron chi connectivity index (χ3n) is 7.41. The summed E-state index contributed by atoms with van der Waals surface area (Å²) in [5.74, 6) is 0.239. The van der Waals surface area contributed by atoms with E-state index in [0.717, 1.165) is 24.4 Å². The highest BCUT2D eigenvalue weighted by molar-refractivity contribution is 6.46. The Labute approximate surface area is 234 Å². The summed E-state index contributed by atoms with van der Waals surface area (Å²) in [5.41, 5.74) is 2.14. The van der Waals surface area contributed by atoms with Gasteiger partial charge in [-0.1, -0.05) is 18.7 Å². The zero-order valence-electron chi connectivity index (χ0n) is 23.1. The van der Waals surface area contributed by atoms with Crippen LogP contribution in [0.2, 0.25) is 0 Å². The van der Waals surface area contributed by atoms with Crippen LogP contribution in [0.3, 0.4) is 0 Å². The van der Waals surface area contributed by atoms with E-state index in [9.17, 15) is 14.7 Å². The summed E-state index contributed by atoms with van der Waals surface area (Å²) >= 11 is 0. The van der Waals surface area contributed by atoms with Crippen molar-refractivity contribution in [2.24, 2.45) is 0 Å². The van der Waals surface area contributed by atoms with Crippen molar-refractivity contribution in [2.45, 2.75) is 32.4 Å². The number of ketones is 1. The number of aliphatic hydroxyl groups is 1. The van der Waals surface area contributed by atoms with Gasteiger partial charge in [-0.3, -0.25) is 14.5 Å². The molecule has 2 aromatic carbocycles. The molecule has 0 aromatic heterocycles. The molecule has 9 heteroatoms. The van der Waals surface area contributed by atoms with Gasteiger partial charge in [-0.15, -0.1) is 0 Å². The van der Waals surface area contributed by atoms with Crippen LogP contribution < -0.4 is 14.2 Å². The molecule has 5 rings (SSSR count). The summed E-state index contributed by atoms with van der Waals surface area (Å²) in [6.07, 6.45) is 2.39. The number of ether oxygens (including phenoxy) is 4. The lowest BCUT2D eigenvalue weighted by Crippen LogP contribution is -2.42. The first kappa shape index (κ1) is 27.7. The molecule has 0 saturated carbocycles. The van der Waals surface area contributed by atoms with Crippen molar-refractivity contribution in [2.75, 3.05) is 52.6 Å². The summed E-state index contributed by atoms with van der Waals surface area (Å²) in [4.78, 5) is 30.8. The third-order valence-corrected chi connectivity index (χ3v) is 7.41. The predicted octanol–water partition coefficient (Wildman–Crippen LogP) is 3.73. The van der Waals surface area contributed by atoms with Gasteiger partial charge in [0.2, 0.25) is 0 Å². The molecule has 0 unspecified atom stereocenters. The van der Waals surface area contributed by atoms with E-state index in [-0.39, 0.29) is 17.4 Å². The SMILES string of the molecule is C=CCOc1ccc([C@H]2C(=C(O)c3ccc4c(c3)C[C@H](C)O4)C(=O)C(=O)N2CCN2CCOCC2)cc1OCC. The van der Waals surface area contributed by atoms with Crippen LogP contribution >= 0.6 is 0 Å². The van der Waals surface area contributed by atoms with Crippen LogP contribution in [0.1, 0.15) is 36.6 Å². The van der Waals surface area contributed by atoms with E-state index < -0.39 is 17.7 Å². The lowest BCUT2D eigenvalue weighted by atomic mass is 9.94. The molecule has 2 atom stereocenters. The van der Waals surface area contributed by atoms with Gasteiger partial charge in [-0.2, -0.15) is 0 Å². The molecule has 1 N–H and O–H groups in total. The minimum absolute atomic E-state index is 0.0389. The van der Waals surface area contributed by atoms with Crippen LogP contribution in [-0.2, 0) is 20.7 Å². The number of hydrogen-bond acceptors (Lipinski definition) is 8. The van der Waals surface area contributed by atoms with Gasteiger partial charge in [0.25, 0.3) is 11.7 Å². The monoisotopic (exact) mass is 548 g/mol. The number of Topliss-reactive ketones (excluding diaryl/α,β-unsaturated/α-hetero) is 1. The first-order chi connectivity index (χ1) is 19.4. The number of likely N-dealkylation sites (tertiary alicyclic amines) is 1. The van der Waals surface area contributed by atoms with E-state index >= 15 is 0 Å². The summed E-state index contributed by atoms with van der Waals surface area (Å²) in [6, 6.07) is 9.93. The summed E-state index contributed by atoms with van der Waals surface area (Å²) < 4.78 is 22.9. The summed E-state index contributed by atoms with van der Waals surface area (Å²) in [7, 11) is 0. The van der Waals surface area contributed by atoms with Gasteiger partial charge < -0.3 is 29.0 Å². The maximum Gasteiger partial charge on any atom is 0.295 e. The lowest BCUT2D eigenvalue weighted by Gasteiger charge is -2.31. The largest absolute Gasteiger partial charge is 0.507 e. The molecular formula is C31H36N2O7. The molecule has 9 nitrogen and oxygen atoms in total. The number of fused-ring (bicyclic) bond motifs is 1. The van der Waals surface area contributed by atoms with Crippen LogP contribution in [0.4, 0.5) is 0 Å². The second-order valence-corrected chi connectivity index (χ2v) is 10.1. The first-order valence-electron chi connectivity index (χ1n) is 13.8. The quantitative estimate of drug-likeness (QED) is 0.208. The van der Waals surface area contributed by atoms with Crippen molar-refractivity contribution in [1.82, 2.24) is 9.80 Å². The number of morpholine rings is 1. The average Bonchev–Trinajstić information content (AvgIpc) is 3.46. The Kier molecular flexibility index (Phi) is 8.42. The van der Waals surface area contributed by atoms with E-state index in [2.05, 4.69) is 11.5 Å². The second kappa shape index (κ2) is 12.1. The molecule has 0 radical (unpaired) electrons.